The Kier molecular flexibility index (Phi) is 4.67. The monoisotopic (exact) mass is 206 g/mol. The topological polar surface area (TPSA) is 9.23 Å². The van der Waals surface area contributed by atoms with Crippen LogP contribution in [0.1, 0.15) is 47.0 Å². The van der Waals surface area contributed by atoms with Crippen LogP contribution in [0.4, 0.5) is 0 Å². The second kappa shape index (κ2) is 5.79. The number of hydrogen-bond donors (Lipinski definition) is 0. The van der Waals surface area contributed by atoms with E-state index in [1.54, 1.807) is 0 Å². The summed E-state index contributed by atoms with van der Waals surface area (Å²) in [7, 11) is 0. The minimum Gasteiger partial charge on any atom is -0.490 e. The summed E-state index contributed by atoms with van der Waals surface area (Å²) in [4.78, 5) is 0. The molecule has 1 aliphatic heterocycles. The maximum Gasteiger partial charge on any atom is 0.122 e. The molecule has 2 rings (SSSR count). The Morgan fingerprint density at radius 3 is 2.80 bits per heavy atom. The van der Waals surface area contributed by atoms with Gasteiger partial charge in [0.2, 0.25) is 0 Å². The van der Waals surface area contributed by atoms with E-state index in [0.717, 1.165) is 25.0 Å². The predicted molar refractivity (Wildman–Crippen MR) is 65.7 cm³/mol. The number of allylic oxidation sites excluding steroid dienone is 4. The van der Waals surface area contributed by atoms with Crippen molar-refractivity contribution in [2.75, 3.05) is 0 Å². The minimum atomic E-state index is 0.363. The lowest BCUT2D eigenvalue weighted by Gasteiger charge is -2.06. The van der Waals surface area contributed by atoms with Crippen molar-refractivity contribution in [3.63, 3.8) is 0 Å². The van der Waals surface area contributed by atoms with Gasteiger partial charge in [-0.15, -0.1) is 0 Å². The summed E-state index contributed by atoms with van der Waals surface area (Å²) in [6.07, 6.45) is 10.3. The molecule has 0 saturated carbocycles. The van der Waals surface area contributed by atoms with Crippen molar-refractivity contribution in [1.82, 2.24) is 0 Å². The molecule has 84 valence electrons. The first-order valence-electron chi connectivity index (χ1n) is 6.05. The fourth-order valence-corrected chi connectivity index (χ4v) is 1.86. The molecule has 1 atom stereocenters. The van der Waals surface area contributed by atoms with Crippen LogP contribution < -0.4 is 0 Å². The van der Waals surface area contributed by atoms with Gasteiger partial charge in [-0.1, -0.05) is 38.5 Å². The summed E-state index contributed by atoms with van der Waals surface area (Å²) in [6.45, 7) is 8.32. The van der Waals surface area contributed by atoms with Crippen molar-refractivity contribution in [2.45, 2.75) is 53.1 Å². The van der Waals surface area contributed by atoms with E-state index in [-0.39, 0.29) is 0 Å². The molecule has 1 nitrogen and oxygen atoms in total. The molecular weight excluding hydrogens is 184 g/mol. The molecule has 15 heavy (non-hydrogen) atoms. The molecule has 0 aromatic carbocycles. The van der Waals surface area contributed by atoms with E-state index in [9.17, 15) is 0 Å². The minimum absolute atomic E-state index is 0.363. The van der Waals surface area contributed by atoms with Crippen LogP contribution in [0.25, 0.3) is 0 Å². The number of hydrogen-bond acceptors (Lipinski definition) is 1. The Bertz CT molecular complexity index is 294. The van der Waals surface area contributed by atoms with Gasteiger partial charge in [-0.05, 0) is 31.4 Å². The Labute approximate surface area is 93.5 Å². The van der Waals surface area contributed by atoms with Crippen LogP contribution in [-0.4, -0.2) is 6.10 Å². The normalized spacial score (nSPS) is 23.5. The molecule has 0 unspecified atom stereocenters. The first kappa shape index (κ1) is 12.1. The van der Waals surface area contributed by atoms with Crippen LogP contribution in [0, 0.1) is 0 Å². The largest absolute Gasteiger partial charge is 0.490 e. The Balaban J connectivity index is 0.000000531. The molecule has 0 bridgehead atoms. The smallest absolute Gasteiger partial charge is 0.122 e. The zero-order chi connectivity index (χ0) is 11.3. The summed E-state index contributed by atoms with van der Waals surface area (Å²) in [5.41, 5.74) is 2.84. The first-order chi connectivity index (χ1) is 7.29. The third kappa shape index (κ3) is 2.98. The lowest BCUT2D eigenvalue weighted by molar-refractivity contribution is 0.169. The molecular formula is C14H22O. The zero-order valence-electron chi connectivity index (χ0n) is 10.3. The number of ether oxygens (including phenoxy) is 1. The molecule has 0 aromatic rings. The van der Waals surface area contributed by atoms with E-state index in [1.807, 2.05) is 13.8 Å². The predicted octanol–water partition coefficient (Wildman–Crippen LogP) is 4.37. The van der Waals surface area contributed by atoms with E-state index < -0.39 is 0 Å². The molecule has 0 N–H and O–H groups in total. The highest BCUT2D eigenvalue weighted by molar-refractivity contribution is 5.38. The molecule has 2 aliphatic rings. The standard InChI is InChI=1S/C12H16O.C2H6/c1-3-10-5-4-6-11-7-9(2)13-12(11)8-10;1-2/h4,6,8-9H,3,5,7H2,1-2H3;1-2H3/t9-;/m1./s1. The lowest BCUT2D eigenvalue weighted by atomic mass is 10.1. The summed E-state index contributed by atoms with van der Waals surface area (Å²) < 4.78 is 5.73. The fourth-order valence-electron chi connectivity index (χ4n) is 1.86. The molecule has 1 heteroatoms. The second-order valence-corrected chi connectivity index (χ2v) is 3.78. The van der Waals surface area contributed by atoms with Gasteiger partial charge in [0.1, 0.15) is 11.9 Å². The molecule has 1 aliphatic carbocycles. The van der Waals surface area contributed by atoms with Crippen molar-refractivity contribution in [3.05, 3.63) is 35.1 Å². The van der Waals surface area contributed by atoms with Gasteiger partial charge in [-0.2, -0.15) is 0 Å². The van der Waals surface area contributed by atoms with Gasteiger partial charge in [0.25, 0.3) is 0 Å². The molecule has 0 radical (unpaired) electrons. The maximum atomic E-state index is 5.73. The van der Waals surface area contributed by atoms with E-state index in [0.29, 0.717) is 6.10 Å². The highest BCUT2D eigenvalue weighted by atomic mass is 16.5. The van der Waals surface area contributed by atoms with Crippen LogP contribution >= 0.6 is 0 Å². The SMILES string of the molecule is CC.CCC1=CC2=C(C=CC1)C[C@@H](C)O2. The van der Waals surface area contributed by atoms with Gasteiger partial charge < -0.3 is 4.74 Å². The fraction of sp³-hybridized carbons (Fsp3) is 0.571. The lowest BCUT2D eigenvalue weighted by Crippen LogP contribution is -1.98. The average molecular weight is 206 g/mol. The van der Waals surface area contributed by atoms with Crippen molar-refractivity contribution in [3.8, 4) is 0 Å². The summed E-state index contributed by atoms with van der Waals surface area (Å²) in [5.74, 6) is 1.11. The van der Waals surface area contributed by atoms with E-state index >= 15 is 0 Å². The van der Waals surface area contributed by atoms with Crippen LogP contribution in [0.3, 0.4) is 0 Å². The van der Waals surface area contributed by atoms with Gasteiger partial charge >= 0.3 is 0 Å². The third-order valence-electron chi connectivity index (χ3n) is 2.64. The van der Waals surface area contributed by atoms with E-state index in [1.165, 1.54) is 11.1 Å². The van der Waals surface area contributed by atoms with E-state index in [4.69, 9.17) is 4.74 Å². The van der Waals surface area contributed by atoms with Crippen molar-refractivity contribution in [2.24, 2.45) is 0 Å². The Morgan fingerprint density at radius 1 is 1.40 bits per heavy atom. The van der Waals surface area contributed by atoms with Crippen LogP contribution in [0.15, 0.2) is 35.1 Å². The van der Waals surface area contributed by atoms with Gasteiger partial charge in [0.05, 0.1) is 0 Å². The van der Waals surface area contributed by atoms with Gasteiger partial charge in [0.15, 0.2) is 0 Å². The quantitative estimate of drug-likeness (QED) is 0.619. The van der Waals surface area contributed by atoms with Crippen LogP contribution in [0.5, 0.6) is 0 Å². The number of rotatable bonds is 1. The Hall–Kier alpha value is -0.980. The van der Waals surface area contributed by atoms with Gasteiger partial charge in [-0.3, -0.25) is 0 Å². The zero-order valence-corrected chi connectivity index (χ0v) is 10.3. The third-order valence-corrected chi connectivity index (χ3v) is 2.64. The summed E-state index contributed by atoms with van der Waals surface area (Å²) in [6, 6.07) is 0. The first-order valence-corrected chi connectivity index (χ1v) is 6.05. The summed E-state index contributed by atoms with van der Waals surface area (Å²) in [5, 5.41) is 0. The maximum absolute atomic E-state index is 5.73. The highest BCUT2D eigenvalue weighted by Crippen LogP contribution is 2.30. The van der Waals surface area contributed by atoms with Crippen LogP contribution in [0.2, 0.25) is 0 Å². The second-order valence-electron chi connectivity index (χ2n) is 3.78. The highest BCUT2D eigenvalue weighted by Gasteiger charge is 2.20. The molecule has 0 spiro atoms. The molecule has 0 amide bonds. The molecule has 0 fully saturated rings. The molecule has 0 aromatic heterocycles. The summed E-state index contributed by atoms with van der Waals surface area (Å²) >= 11 is 0. The van der Waals surface area contributed by atoms with Crippen molar-refractivity contribution < 1.29 is 4.74 Å². The van der Waals surface area contributed by atoms with Crippen molar-refractivity contribution in [1.29, 1.82) is 0 Å². The van der Waals surface area contributed by atoms with Gasteiger partial charge in [-0.25, -0.2) is 0 Å². The Morgan fingerprint density at radius 2 is 2.13 bits per heavy atom. The average Bonchev–Trinajstić information content (AvgIpc) is 2.49. The molecule has 1 heterocycles. The van der Waals surface area contributed by atoms with Crippen molar-refractivity contribution >= 4 is 0 Å². The molecule has 0 saturated heterocycles. The van der Waals surface area contributed by atoms with Crippen LogP contribution in [-0.2, 0) is 4.74 Å². The van der Waals surface area contributed by atoms with E-state index in [2.05, 4.69) is 32.1 Å². The van der Waals surface area contributed by atoms with Gasteiger partial charge in [0, 0.05) is 6.42 Å².